The van der Waals surface area contributed by atoms with Gasteiger partial charge in [0.05, 0.1) is 16.5 Å². The zero-order valence-electron chi connectivity index (χ0n) is 17.8. The summed E-state index contributed by atoms with van der Waals surface area (Å²) in [6, 6.07) is 3.90. The molecule has 6 heteroatoms. The van der Waals surface area contributed by atoms with Crippen LogP contribution in [-0.2, 0) is 11.2 Å². The molecule has 1 aromatic heterocycles. The number of aliphatic hydroxyl groups is 2. The van der Waals surface area contributed by atoms with Crippen molar-refractivity contribution < 1.29 is 20.1 Å². The van der Waals surface area contributed by atoms with Gasteiger partial charge in [0, 0.05) is 10.3 Å². The number of thiophene rings is 1. The van der Waals surface area contributed by atoms with Crippen molar-refractivity contribution in [2.45, 2.75) is 70.0 Å². The maximum absolute atomic E-state index is 11.6. The first kappa shape index (κ1) is 24.2. The smallest absolute Gasteiger partial charge is 0.313 e. The summed E-state index contributed by atoms with van der Waals surface area (Å²) >= 11 is 7.59. The van der Waals surface area contributed by atoms with E-state index in [1.54, 1.807) is 17.4 Å². The van der Waals surface area contributed by atoms with Crippen molar-refractivity contribution in [2.24, 2.45) is 17.3 Å². The lowest BCUT2D eigenvalue weighted by atomic mass is 9.62. The Labute approximate surface area is 194 Å². The summed E-state index contributed by atoms with van der Waals surface area (Å²) in [6.07, 6.45) is 17.8. The highest BCUT2D eigenvalue weighted by atomic mass is 35.5. The number of carboxylic acid groups (broad SMARTS) is 1. The molecule has 0 saturated heterocycles. The molecule has 4 atom stereocenters. The molecule has 1 heterocycles. The maximum atomic E-state index is 11.6. The predicted octanol–water partition coefficient (Wildman–Crippen LogP) is 5.79. The molecule has 0 aliphatic heterocycles. The monoisotopic (exact) mass is 464 g/mol. The molecule has 0 bridgehead atoms. The molecular formula is C25H33ClO4S. The van der Waals surface area contributed by atoms with E-state index in [2.05, 4.69) is 12.2 Å². The van der Waals surface area contributed by atoms with Gasteiger partial charge < -0.3 is 15.3 Å². The Balaban J connectivity index is 1.50. The molecule has 170 valence electrons. The molecule has 1 fully saturated rings. The zero-order valence-corrected chi connectivity index (χ0v) is 19.4. The topological polar surface area (TPSA) is 77.8 Å². The minimum Gasteiger partial charge on any atom is -0.481 e. The Hall–Kier alpha value is -1.40. The van der Waals surface area contributed by atoms with E-state index in [-0.39, 0.29) is 5.41 Å². The van der Waals surface area contributed by atoms with Crippen LogP contribution in [0.2, 0.25) is 4.34 Å². The minimum absolute atomic E-state index is 0.159. The molecule has 0 spiro atoms. The highest BCUT2D eigenvalue weighted by Crippen LogP contribution is 2.48. The third-order valence-corrected chi connectivity index (χ3v) is 7.94. The van der Waals surface area contributed by atoms with Gasteiger partial charge >= 0.3 is 5.97 Å². The maximum Gasteiger partial charge on any atom is 0.313 e. The average molecular weight is 465 g/mol. The van der Waals surface area contributed by atoms with Crippen molar-refractivity contribution in [1.82, 2.24) is 0 Å². The Morgan fingerprint density at radius 3 is 2.61 bits per heavy atom. The van der Waals surface area contributed by atoms with Gasteiger partial charge in [-0.3, -0.25) is 4.79 Å². The first-order chi connectivity index (χ1) is 14.9. The molecule has 0 amide bonds. The van der Waals surface area contributed by atoms with Gasteiger partial charge in [0.1, 0.15) is 5.92 Å². The minimum atomic E-state index is -1.04. The van der Waals surface area contributed by atoms with E-state index in [4.69, 9.17) is 11.6 Å². The second-order valence-corrected chi connectivity index (χ2v) is 10.7. The van der Waals surface area contributed by atoms with Gasteiger partial charge in [-0.25, -0.2) is 0 Å². The van der Waals surface area contributed by atoms with Gasteiger partial charge in [0.2, 0.25) is 0 Å². The van der Waals surface area contributed by atoms with E-state index in [9.17, 15) is 20.1 Å². The fourth-order valence-corrected chi connectivity index (χ4v) is 5.82. The number of carbonyl (C=O) groups is 1. The number of aliphatic carboxylic acids is 1. The summed E-state index contributed by atoms with van der Waals surface area (Å²) in [4.78, 5) is 12.8. The van der Waals surface area contributed by atoms with Gasteiger partial charge in [-0.1, -0.05) is 54.5 Å². The highest BCUT2D eigenvalue weighted by molar-refractivity contribution is 7.16. The van der Waals surface area contributed by atoms with Crippen LogP contribution < -0.4 is 0 Å². The number of halogens is 1. The second kappa shape index (κ2) is 11.5. The first-order valence-corrected chi connectivity index (χ1v) is 12.4. The summed E-state index contributed by atoms with van der Waals surface area (Å²) in [7, 11) is 0. The van der Waals surface area contributed by atoms with E-state index in [1.165, 1.54) is 11.0 Å². The van der Waals surface area contributed by atoms with Crippen molar-refractivity contribution in [3.8, 4) is 0 Å². The van der Waals surface area contributed by atoms with Crippen LogP contribution in [0.15, 0.2) is 48.6 Å². The van der Waals surface area contributed by atoms with Crippen LogP contribution >= 0.6 is 22.9 Å². The molecule has 1 aromatic rings. The quantitative estimate of drug-likeness (QED) is 0.342. The third kappa shape index (κ3) is 6.79. The van der Waals surface area contributed by atoms with E-state index in [0.717, 1.165) is 49.3 Å². The summed E-state index contributed by atoms with van der Waals surface area (Å²) in [5.41, 5.74) is -0.159. The number of carboxylic acids is 1. The van der Waals surface area contributed by atoms with Crippen LogP contribution in [-0.4, -0.2) is 33.5 Å². The number of hydrogen-bond acceptors (Lipinski definition) is 4. The number of aliphatic hydroxyl groups excluding tert-OH is 2. The number of hydrogen-bond donors (Lipinski definition) is 3. The predicted molar refractivity (Wildman–Crippen MR) is 126 cm³/mol. The normalized spacial score (nSPS) is 23.3. The first-order valence-electron chi connectivity index (χ1n) is 11.2. The molecule has 0 aromatic carbocycles. The Morgan fingerprint density at radius 1 is 1.23 bits per heavy atom. The lowest BCUT2D eigenvalue weighted by molar-refractivity contribution is -0.143. The van der Waals surface area contributed by atoms with E-state index in [1.807, 2.05) is 24.3 Å². The fraction of sp³-hybridized carbons (Fsp3) is 0.560. The van der Waals surface area contributed by atoms with Crippen molar-refractivity contribution >= 4 is 28.9 Å². The van der Waals surface area contributed by atoms with Crippen LogP contribution in [0.3, 0.4) is 0 Å². The van der Waals surface area contributed by atoms with Gasteiger partial charge in [-0.2, -0.15) is 0 Å². The molecule has 2 aliphatic rings. The standard InChI is InChI=1S/C25H33ClO4S/c26-23-14-13-19(31-23)17-25(15-6-16-25)22(28)12-5-10-20(24(29)30)21(27)11-4-3-9-18-7-1-2-8-18/h1,3-5,7,10,13-14,18,20-22,27-28H,2,6,8-9,11-12,15-17H2,(H,29,30)/t18-,20-,21-,22?/m1/s1. The lowest BCUT2D eigenvalue weighted by Crippen LogP contribution is -2.42. The highest BCUT2D eigenvalue weighted by Gasteiger charge is 2.43. The molecular weight excluding hydrogens is 432 g/mol. The zero-order chi connectivity index (χ0) is 22.3. The number of allylic oxidation sites excluding steroid dienone is 3. The van der Waals surface area contributed by atoms with Gasteiger partial charge in [0.25, 0.3) is 0 Å². The molecule has 4 nitrogen and oxygen atoms in total. The van der Waals surface area contributed by atoms with Crippen molar-refractivity contribution in [1.29, 1.82) is 0 Å². The average Bonchev–Trinajstić information content (AvgIpc) is 3.36. The molecule has 3 N–H and O–H groups in total. The second-order valence-electron chi connectivity index (χ2n) is 8.92. The van der Waals surface area contributed by atoms with Crippen LogP contribution in [0.5, 0.6) is 0 Å². The lowest BCUT2D eigenvalue weighted by Gasteiger charge is -2.45. The molecule has 3 rings (SSSR count). The summed E-state index contributed by atoms with van der Waals surface area (Å²) in [5.74, 6) is -1.46. The van der Waals surface area contributed by atoms with E-state index < -0.39 is 24.1 Å². The van der Waals surface area contributed by atoms with E-state index in [0.29, 0.717) is 18.8 Å². The Kier molecular flexibility index (Phi) is 8.96. The summed E-state index contributed by atoms with van der Waals surface area (Å²) in [5, 5.41) is 30.8. The summed E-state index contributed by atoms with van der Waals surface area (Å²) in [6.45, 7) is 0. The van der Waals surface area contributed by atoms with Crippen LogP contribution in [0.1, 0.15) is 56.2 Å². The Bertz CT molecular complexity index is 808. The number of rotatable bonds is 12. The van der Waals surface area contributed by atoms with Gasteiger partial charge in [0.15, 0.2) is 0 Å². The van der Waals surface area contributed by atoms with Crippen LogP contribution in [0.25, 0.3) is 0 Å². The molecule has 2 aliphatic carbocycles. The van der Waals surface area contributed by atoms with Gasteiger partial charge in [-0.05, 0) is 69.4 Å². The molecule has 1 saturated carbocycles. The molecule has 0 radical (unpaired) electrons. The summed E-state index contributed by atoms with van der Waals surface area (Å²) < 4.78 is 0.755. The largest absolute Gasteiger partial charge is 0.481 e. The third-order valence-electron chi connectivity index (χ3n) is 6.71. The Morgan fingerprint density at radius 2 is 2.03 bits per heavy atom. The van der Waals surface area contributed by atoms with Crippen molar-refractivity contribution in [2.75, 3.05) is 0 Å². The van der Waals surface area contributed by atoms with Crippen LogP contribution in [0, 0.1) is 17.3 Å². The van der Waals surface area contributed by atoms with Crippen LogP contribution in [0.4, 0.5) is 0 Å². The van der Waals surface area contributed by atoms with Crippen molar-refractivity contribution in [3.05, 3.63) is 57.8 Å². The van der Waals surface area contributed by atoms with E-state index >= 15 is 0 Å². The molecule has 1 unspecified atom stereocenters. The van der Waals surface area contributed by atoms with Gasteiger partial charge in [-0.15, -0.1) is 11.3 Å². The fourth-order valence-electron chi connectivity index (χ4n) is 4.58. The molecule has 31 heavy (non-hydrogen) atoms. The SMILES string of the molecule is O=C(O)[C@H](C=CCC(O)C1(Cc2ccc(Cl)s2)CCC1)[C@H](O)CC=CC[C@@H]1C=CCC1. The van der Waals surface area contributed by atoms with Crippen molar-refractivity contribution in [3.63, 3.8) is 0 Å².